The van der Waals surface area contributed by atoms with Gasteiger partial charge in [0.2, 0.25) is 15.9 Å². The lowest BCUT2D eigenvalue weighted by Crippen LogP contribution is -2.37. The number of aryl methyl sites for hydroxylation is 2. The van der Waals surface area contributed by atoms with Crippen molar-refractivity contribution in [3.8, 4) is 0 Å². The zero-order valence-electron chi connectivity index (χ0n) is 14.4. The zero-order chi connectivity index (χ0) is 18.6. The van der Waals surface area contributed by atoms with Crippen molar-refractivity contribution >= 4 is 33.2 Å². The molecule has 0 aliphatic rings. The summed E-state index contributed by atoms with van der Waals surface area (Å²) in [5.74, 6) is -0.145. The molecule has 0 radical (unpaired) electrons. The number of carbonyl (C=O) groups is 1. The van der Waals surface area contributed by atoms with Crippen molar-refractivity contribution in [1.29, 1.82) is 0 Å². The van der Waals surface area contributed by atoms with Gasteiger partial charge in [0.1, 0.15) is 0 Å². The number of hydrogen-bond acceptors (Lipinski definition) is 3. The highest BCUT2D eigenvalue weighted by molar-refractivity contribution is 7.89. The van der Waals surface area contributed by atoms with E-state index in [4.69, 9.17) is 11.6 Å². The average Bonchev–Trinajstić information content (AvgIpc) is 2.52. The maximum absolute atomic E-state index is 12.3. The van der Waals surface area contributed by atoms with Crippen molar-refractivity contribution in [2.24, 2.45) is 0 Å². The molecule has 0 saturated heterocycles. The molecule has 1 amide bonds. The maximum Gasteiger partial charge on any atom is 0.240 e. The average molecular weight is 381 g/mol. The van der Waals surface area contributed by atoms with Crippen LogP contribution in [0, 0.1) is 13.8 Å². The number of benzene rings is 2. The third-order valence-corrected chi connectivity index (χ3v) is 5.45. The van der Waals surface area contributed by atoms with Gasteiger partial charge in [-0.1, -0.05) is 35.4 Å². The fourth-order valence-electron chi connectivity index (χ4n) is 2.57. The predicted octanol–water partition coefficient (Wildman–Crippen LogP) is 3.29. The normalized spacial score (nSPS) is 11.4. The Balaban J connectivity index is 2.11. The van der Waals surface area contributed by atoms with Gasteiger partial charge in [0.15, 0.2) is 0 Å². The molecule has 0 atom stereocenters. The Morgan fingerprint density at radius 3 is 2.48 bits per heavy atom. The minimum Gasteiger partial charge on any atom is -0.311 e. The van der Waals surface area contributed by atoms with E-state index in [0.717, 1.165) is 16.8 Å². The van der Waals surface area contributed by atoms with Gasteiger partial charge in [0, 0.05) is 30.7 Å². The van der Waals surface area contributed by atoms with Crippen molar-refractivity contribution in [2.75, 3.05) is 18.0 Å². The summed E-state index contributed by atoms with van der Waals surface area (Å²) in [6.07, 6.45) is 0. The van der Waals surface area contributed by atoms with Gasteiger partial charge in [-0.3, -0.25) is 4.79 Å². The van der Waals surface area contributed by atoms with Gasteiger partial charge >= 0.3 is 0 Å². The zero-order valence-corrected chi connectivity index (χ0v) is 16.0. The number of rotatable bonds is 6. The summed E-state index contributed by atoms with van der Waals surface area (Å²) in [4.78, 5) is 13.6. The number of carbonyl (C=O) groups excluding carboxylic acids is 1. The van der Waals surface area contributed by atoms with Crippen LogP contribution in [0.25, 0.3) is 0 Å². The highest BCUT2D eigenvalue weighted by atomic mass is 35.5. The molecule has 2 rings (SSSR count). The predicted molar refractivity (Wildman–Crippen MR) is 101 cm³/mol. The van der Waals surface area contributed by atoms with Crippen molar-refractivity contribution in [1.82, 2.24) is 4.72 Å². The molecule has 7 heteroatoms. The molecule has 1 N–H and O–H groups in total. The molecule has 0 bridgehead atoms. The highest BCUT2D eigenvalue weighted by Crippen LogP contribution is 2.21. The standard InChI is InChI=1S/C18H21ClN2O3S/c1-13-7-8-18(14(2)11-13)21(15(3)22)10-9-20-25(23,24)17-6-4-5-16(19)12-17/h4-8,11-12,20H,9-10H2,1-3H3. The molecule has 25 heavy (non-hydrogen) atoms. The number of amides is 1. The van der Waals surface area contributed by atoms with Gasteiger partial charge in [0.05, 0.1) is 4.90 Å². The molecule has 2 aromatic rings. The Hall–Kier alpha value is -1.89. The van der Waals surface area contributed by atoms with E-state index in [2.05, 4.69) is 4.72 Å². The number of nitrogens with one attached hydrogen (secondary N) is 1. The van der Waals surface area contributed by atoms with Gasteiger partial charge < -0.3 is 4.90 Å². The summed E-state index contributed by atoms with van der Waals surface area (Å²) >= 11 is 5.84. The smallest absolute Gasteiger partial charge is 0.240 e. The molecule has 0 unspecified atom stereocenters. The van der Waals surface area contributed by atoms with Crippen LogP contribution in [0.3, 0.4) is 0 Å². The molecule has 0 aliphatic carbocycles. The topological polar surface area (TPSA) is 66.5 Å². The van der Waals surface area contributed by atoms with E-state index in [0.29, 0.717) is 5.02 Å². The van der Waals surface area contributed by atoms with Crippen LogP contribution in [-0.4, -0.2) is 27.4 Å². The Morgan fingerprint density at radius 1 is 1.16 bits per heavy atom. The largest absolute Gasteiger partial charge is 0.311 e. The van der Waals surface area contributed by atoms with E-state index in [1.807, 2.05) is 32.0 Å². The minimum absolute atomic E-state index is 0.0980. The van der Waals surface area contributed by atoms with Gasteiger partial charge in [-0.25, -0.2) is 13.1 Å². The van der Waals surface area contributed by atoms with Crippen molar-refractivity contribution in [2.45, 2.75) is 25.7 Å². The van der Waals surface area contributed by atoms with Gasteiger partial charge in [-0.2, -0.15) is 0 Å². The number of halogens is 1. The summed E-state index contributed by atoms with van der Waals surface area (Å²) < 4.78 is 27.1. The lowest BCUT2D eigenvalue weighted by Gasteiger charge is -2.23. The van der Waals surface area contributed by atoms with E-state index >= 15 is 0 Å². The fraction of sp³-hybridized carbons (Fsp3) is 0.278. The van der Waals surface area contributed by atoms with Gasteiger partial charge in [-0.15, -0.1) is 0 Å². The first-order valence-electron chi connectivity index (χ1n) is 7.81. The SMILES string of the molecule is CC(=O)N(CCNS(=O)(=O)c1cccc(Cl)c1)c1ccc(C)cc1C. The van der Waals surface area contributed by atoms with Gasteiger partial charge in [-0.05, 0) is 43.7 Å². The molecular formula is C18H21ClN2O3S. The molecule has 0 aromatic heterocycles. The van der Waals surface area contributed by atoms with Crippen LogP contribution in [0.2, 0.25) is 5.02 Å². The summed E-state index contributed by atoms with van der Waals surface area (Å²) in [7, 11) is -3.68. The molecule has 5 nitrogen and oxygen atoms in total. The van der Waals surface area contributed by atoms with Crippen LogP contribution in [0.1, 0.15) is 18.1 Å². The number of hydrogen-bond donors (Lipinski definition) is 1. The Kier molecular flexibility index (Phi) is 6.21. The quantitative estimate of drug-likeness (QED) is 0.836. The highest BCUT2D eigenvalue weighted by Gasteiger charge is 2.17. The van der Waals surface area contributed by atoms with E-state index in [1.165, 1.54) is 19.1 Å². The summed E-state index contributed by atoms with van der Waals surface area (Å²) in [6.45, 7) is 5.70. The third kappa shape index (κ3) is 5.04. The Labute approximate surface area is 153 Å². The van der Waals surface area contributed by atoms with Crippen LogP contribution >= 0.6 is 11.6 Å². The van der Waals surface area contributed by atoms with E-state index in [1.54, 1.807) is 17.0 Å². The second-order valence-electron chi connectivity index (χ2n) is 5.82. The molecule has 0 heterocycles. The third-order valence-electron chi connectivity index (χ3n) is 3.76. The van der Waals surface area contributed by atoms with E-state index in [9.17, 15) is 13.2 Å². The van der Waals surface area contributed by atoms with Crippen LogP contribution in [0.15, 0.2) is 47.4 Å². The van der Waals surface area contributed by atoms with Crippen LogP contribution < -0.4 is 9.62 Å². The maximum atomic E-state index is 12.3. The monoisotopic (exact) mass is 380 g/mol. The first-order valence-corrected chi connectivity index (χ1v) is 9.67. The summed E-state index contributed by atoms with van der Waals surface area (Å²) in [5, 5.41) is 0.350. The Bertz CT molecular complexity index is 882. The van der Waals surface area contributed by atoms with Crippen molar-refractivity contribution in [3.05, 3.63) is 58.6 Å². The fourth-order valence-corrected chi connectivity index (χ4v) is 3.89. The lowest BCUT2D eigenvalue weighted by atomic mass is 10.1. The lowest BCUT2D eigenvalue weighted by molar-refractivity contribution is -0.116. The van der Waals surface area contributed by atoms with Crippen molar-refractivity contribution < 1.29 is 13.2 Å². The molecule has 134 valence electrons. The van der Waals surface area contributed by atoms with Crippen LogP contribution in [0.5, 0.6) is 0 Å². The minimum atomic E-state index is -3.68. The second kappa shape index (κ2) is 7.99. The summed E-state index contributed by atoms with van der Waals surface area (Å²) in [6, 6.07) is 11.8. The van der Waals surface area contributed by atoms with E-state index < -0.39 is 10.0 Å². The first-order chi connectivity index (χ1) is 11.7. The Morgan fingerprint density at radius 2 is 1.88 bits per heavy atom. The van der Waals surface area contributed by atoms with Crippen LogP contribution in [-0.2, 0) is 14.8 Å². The van der Waals surface area contributed by atoms with Crippen LogP contribution in [0.4, 0.5) is 5.69 Å². The molecule has 0 spiro atoms. The number of nitrogens with zero attached hydrogens (tertiary/aromatic N) is 1. The van der Waals surface area contributed by atoms with Crippen molar-refractivity contribution in [3.63, 3.8) is 0 Å². The van der Waals surface area contributed by atoms with E-state index in [-0.39, 0.29) is 23.9 Å². The molecule has 0 saturated carbocycles. The van der Waals surface area contributed by atoms with Gasteiger partial charge in [0.25, 0.3) is 0 Å². The molecular weight excluding hydrogens is 360 g/mol. The molecule has 0 fully saturated rings. The number of sulfonamides is 1. The molecule has 2 aromatic carbocycles. The summed E-state index contributed by atoms with van der Waals surface area (Å²) in [5.41, 5.74) is 2.85. The number of anilines is 1. The first kappa shape index (κ1) is 19.4. The second-order valence-corrected chi connectivity index (χ2v) is 8.02. The molecule has 0 aliphatic heterocycles.